The monoisotopic (exact) mass is 354 g/mol. The quantitative estimate of drug-likeness (QED) is 0.820. The van der Waals surface area contributed by atoms with E-state index in [1.807, 2.05) is 19.1 Å². The van der Waals surface area contributed by atoms with Crippen molar-refractivity contribution >= 4 is 33.2 Å². The van der Waals surface area contributed by atoms with Crippen molar-refractivity contribution in [2.24, 2.45) is 0 Å². The summed E-state index contributed by atoms with van der Waals surface area (Å²) in [7, 11) is 6.19. The van der Waals surface area contributed by atoms with Crippen molar-refractivity contribution in [3.63, 3.8) is 0 Å². The summed E-state index contributed by atoms with van der Waals surface area (Å²) in [5.74, 6) is 0.0202. The molecule has 0 fully saturated rings. The van der Waals surface area contributed by atoms with Crippen LogP contribution in [0, 0.1) is 0 Å². The second kappa shape index (κ2) is 6.77. The number of nitrogens with zero attached hydrogens (tertiary/aromatic N) is 2. The summed E-state index contributed by atoms with van der Waals surface area (Å²) in [6, 6.07) is 3.84. The zero-order valence-electron chi connectivity index (χ0n) is 13.0. The van der Waals surface area contributed by atoms with Gasteiger partial charge in [0.05, 0.1) is 5.69 Å². The SMILES string of the molecule is CCNC1C(=O)Nc2cc(N(C)CCN(C)C)c(Br)cc21. The number of hydrogen-bond acceptors (Lipinski definition) is 4. The summed E-state index contributed by atoms with van der Waals surface area (Å²) in [5.41, 5.74) is 3.01. The van der Waals surface area contributed by atoms with Crippen molar-refractivity contribution in [2.45, 2.75) is 13.0 Å². The third kappa shape index (κ3) is 3.56. The first-order valence-electron chi connectivity index (χ1n) is 7.17. The number of amides is 1. The molecule has 2 rings (SSSR count). The lowest BCUT2D eigenvalue weighted by Gasteiger charge is -2.23. The number of carbonyl (C=O) groups is 1. The van der Waals surface area contributed by atoms with Gasteiger partial charge in [0.1, 0.15) is 6.04 Å². The maximum atomic E-state index is 12.0. The van der Waals surface area contributed by atoms with Gasteiger partial charge >= 0.3 is 0 Å². The lowest BCUT2D eigenvalue weighted by atomic mass is 10.1. The highest BCUT2D eigenvalue weighted by atomic mass is 79.9. The van der Waals surface area contributed by atoms with Gasteiger partial charge in [-0.15, -0.1) is 0 Å². The molecule has 116 valence electrons. The van der Waals surface area contributed by atoms with Crippen LogP contribution in [0.1, 0.15) is 18.5 Å². The first kappa shape index (κ1) is 16.3. The maximum Gasteiger partial charge on any atom is 0.246 e. The number of halogens is 1. The molecule has 21 heavy (non-hydrogen) atoms. The van der Waals surface area contributed by atoms with Crippen LogP contribution in [-0.2, 0) is 4.79 Å². The van der Waals surface area contributed by atoms with Crippen LogP contribution >= 0.6 is 15.9 Å². The number of carbonyl (C=O) groups excluding carboxylic acids is 1. The number of likely N-dealkylation sites (N-methyl/N-ethyl adjacent to an activating group) is 3. The molecule has 1 amide bonds. The van der Waals surface area contributed by atoms with Crippen molar-refractivity contribution in [3.8, 4) is 0 Å². The molecule has 0 aliphatic carbocycles. The van der Waals surface area contributed by atoms with Crippen LogP contribution in [0.5, 0.6) is 0 Å². The Morgan fingerprint density at radius 1 is 1.29 bits per heavy atom. The topological polar surface area (TPSA) is 47.6 Å². The predicted molar refractivity (Wildman–Crippen MR) is 91.0 cm³/mol. The molecule has 1 aliphatic rings. The van der Waals surface area contributed by atoms with Gasteiger partial charge in [-0.3, -0.25) is 4.79 Å². The lowest BCUT2D eigenvalue weighted by molar-refractivity contribution is -0.117. The number of benzene rings is 1. The van der Waals surface area contributed by atoms with Gasteiger partial charge in [0.25, 0.3) is 0 Å². The molecule has 0 bridgehead atoms. The Morgan fingerprint density at radius 2 is 2.00 bits per heavy atom. The second-order valence-corrected chi connectivity index (χ2v) is 6.45. The second-order valence-electron chi connectivity index (χ2n) is 5.60. The van der Waals surface area contributed by atoms with Crippen LogP contribution in [0.2, 0.25) is 0 Å². The van der Waals surface area contributed by atoms with E-state index >= 15 is 0 Å². The third-order valence-corrected chi connectivity index (χ3v) is 4.29. The highest BCUT2D eigenvalue weighted by molar-refractivity contribution is 9.10. The molecule has 0 aromatic heterocycles. The molecule has 0 spiro atoms. The maximum absolute atomic E-state index is 12.0. The highest BCUT2D eigenvalue weighted by Gasteiger charge is 2.31. The van der Waals surface area contributed by atoms with Gasteiger partial charge < -0.3 is 20.4 Å². The molecule has 2 N–H and O–H groups in total. The minimum absolute atomic E-state index is 0.0202. The summed E-state index contributed by atoms with van der Waals surface area (Å²) >= 11 is 3.63. The van der Waals surface area contributed by atoms with Gasteiger partial charge in [-0.05, 0) is 48.7 Å². The third-order valence-electron chi connectivity index (χ3n) is 3.65. The van der Waals surface area contributed by atoms with Crippen LogP contribution in [0.15, 0.2) is 16.6 Å². The van der Waals surface area contributed by atoms with E-state index in [1.54, 1.807) is 0 Å². The number of rotatable bonds is 6. The Kier molecular flexibility index (Phi) is 5.24. The number of hydrogen-bond donors (Lipinski definition) is 2. The molecule has 1 aromatic rings. The van der Waals surface area contributed by atoms with Gasteiger partial charge in [0.2, 0.25) is 5.91 Å². The molecule has 0 saturated heterocycles. The Labute approximate surface area is 134 Å². The van der Waals surface area contributed by atoms with E-state index in [9.17, 15) is 4.79 Å². The van der Waals surface area contributed by atoms with E-state index in [0.29, 0.717) is 0 Å². The molecule has 1 unspecified atom stereocenters. The number of nitrogens with one attached hydrogen (secondary N) is 2. The summed E-state index contributed by atoms with van der Waals surface area (Å²) < 4.78 is 1.02. The molecule has 1 atom stereocenters. The van der Waals surface area contributed by atoms with E-state index in [2.05, 4.69) is 57.5 Å². The van der Waals surface area contributed by atoms with Crippen molar-refractivity contribution in [1.29, 1.82) is 0 Å². The molecule has 1 aliphatic heterocycles. The largest absolute Gasteiger partial charge is 0.372 e. The molecule has 0 radical (unpaired) electrons. The van der Waals surface area contributed by atoms with E-state index in [-0.39, 0.29) is 11.9 Å². The Bertz CT molecular complexity index is 533. The van der Waals surface area contributed by atoms with Crippen LogP contribution in [0.4, 0.5) is 11.4 Å². The van der Waals surface area contributed by atoms with Crippen LogP contribution in [-0.4, -0.2) is 51.6 Å². The number of fused-ring (bicyclic) bond motifs is 1. The Hall–Kier alpha value is -1.11. The van der Waals surface area contributed by atoms with Crippen LogP contribution in [0.3, 0.4) is 0 Å². The van der Waals surface area contributed by atoms with Crippen molar-refractivity contribution in [2.75, 3.05) is 51.0 Å². The molecule has 1 heterocycles. The highest BCUT2D eigenvalue weighted by Crippen LogP contribution is 2.38. The van der Waals surface area contributed by atoms with Gasteiger partial charge in [-0.2, -0.15) is 0 Å². The zero-order valence-corrected chi connectivity index (χ0v) is 14.6. The van der Waals surface area contributed by atoms with Gasteiger partial charge in [0, 0.05) is 35.9 Å². The molecular weight excluding hydrogens is 332 g/mol. The van der Waals surface area contributed by atoms with Gasteiger partial charge in [-0.25, -0.2) is 0 Å². The van der Waals surface area contributed by atoms with Crippen molar-refractivity contribution in [1.82, 2.24) is 10.2 Å². The van der Waals surface area contributed by atoms with E-state index in [1.165, 1.54) is 0 Å². The first-order chi connectivity index (χ1) is 9.93. The van der Waals surface area contributed by atoms with E-state index in [0.717, 1.165) is 41.0 Å². The molecule has 6 heteroatoms. The fraction of sp³-hybridized carbons (Fsp3) is 0.533. The fourth-order valence-electron chi connectivity index (χ4n) is 2.44. The minimum Gasteiger partial charge on any atom is -0.372 e. The minimum atomic E-state index is -0.248. The van der Waals surface area contributed by atoms with Crippen molar-refractivity contribution < 1.29 is 4.79 Å². The zero-order chi connectivity index (χ0) is 15.6. The summed E-state index contributed by atoms with van der Waals surface area (Å²) in [5, 5.41) is 6.17. The predicted octanol–water partition coefficient (Wildman–Crippen LogP) is 2.05. The van der Waals surface area contributed by atoms with Crippen molar-refractivity contribution in [3.05, 3.63) is 22.2 Å². The number of anilines is 2. The fourth-order valence-corrected chi connectivity index (χ4v) is 3.10. The van der Waals surface area contributed by atoms with Crippen LogP contribution < -0.4 is 15.5 Å². The smallest absolute Gasteiger partial charge is 0.246 e. The lowest BCUT2D eigenvalue weighted by Crippen LogP contribution is -2.28. The Morgan fingerprint density at radius 3 is 2.62 bits per heavy atom. The van der Waals surface area contributed by atoms with Gasteiger partial charge in [0.15, 0.2) is 0 Å². The Balaban J connectivity index is 2.24. The molecule has 5 nitrogen and oxygen atoms in total. The van der Waals surface area contributed by atoms with Crippen LogP contribution in [0.25, 0.3) is 0 Å². The van der Waals surface area contributed by atoms with E-state index in [4.69, 9.17) is 0 Å². The average molecular weight is 355 g/mol. The summed E-state index contributed by atoms with van der Waals surface area (Å²) in [6.07, 6.45) is 0. The molecular formula is C15H23BrN4O. The first-order valence-corrected chi connectivity index (χ1v) is 7.97. The summed E-state index contributed by atoms with van der Waals surface area (Å²) in [6.45, 7) is 4.67. The van der Waals surface area contributed by atoms with E-state index < -0.39 is 0 Å². The normalized spacial score (nSPS) is 17.0. The summed E-state index contributed by atoms with van der Waals surface area (Å²) in [4.78, 5) is 16.4. The average Bonchev–Trinajstić information content (AvgIpc) is 2.72. The standard InChI is InChI=1S/C15H23BrN4O/c1-5-17-14-10-8-11(16)13(9-12(10)18-15(14)21)20(4)7-6-19(2)3/h8-9,14,17H,5-7H2,1-4H3,(H,18,21). The molecule has 1 aromatic carbocycles. The van der Waals surface area contributed by atoms with Gasteiger partial charge in [-0.1, -0.05) is 6.92 Å². The molecule has 0 saturated carbocycles.